The fourth-order valence-electron chi connectivity index (χ4n) is 3.72. The van der Waals surface area contributed by atoms with Gasteiger partial charge in [-0.1, -0.05) is 5.16 Å². The fraction of sp³-hybridized carbons (Fsp3) is 0.409. The third kappa shape index (κ3) is 4.35. The van der Waals surface area contributed by atoms with Crippen LogP contribution in [0.4, 0.5) is 5.69 Å². The molecule has 1 aliphatic heterocycles. The Kier molecular flexibility index (Phi) is 5.83. The Morgan fingerprint density at radius 3 is 2.84 bits per heavy atom. The van der Waals surface area contributed by atoms with E-state index in [0.29, 0.717) is 43.3 Å². The lowest BCUT2D eigenvalue weighted by atomic mass is 10.1. The highest BCUT2D eigenvalue weighted by atomic mass is 16.5. The molecule has 0 spiro atoms. The molecule has 0 N–H and O–H groups in total. The summed E-state index contributed by atoms with van der Waals surface area (Å²) in [6, 6.07) is 5.38. The Labute approximate surface area is 179 Å². The lowest BCUT2D eigenvalue weighted by Crippen LogP contribution is -2.28. The van der Waals surface area contributed by atoms with Crippen molar-refractivity contribution in [1.29, 1.82) is 0 Å². The van der Waals surface area contributed by atoms with Crippen molar-refractivity contribution in [2.45, 2.75) is 33.7 Å². The quantitative estimate of drug-likeness (QED) is 0.557. The number of aryl methyl sites for hydroxylation is 2. The number of carbonyl (C=O) groups is 1. The summed E-state index contributed by atoms with van der Waals surface area (Å²) in [6.45, 7) is 7.35. The maximum atomic E-state index is 12.8. The third-order valence-corrected chi connectivity index (χ3v) is 5.51. The van der Waals surface area contributed by atoms with Gasteiger partial charge in [0.2, 0.25) is 0 Å². The summed E-state index contributed by atoms with van der Waals surface area (Å²) in [5.41, 5.74) is 3.65. The van der Waals surface area contributed by atoms with Gasteiger partial charge in [-0.25, -0.2) is 4.68 Å². The van der Waals surface area contributed by atoms with Crippen molar-refractivity contribution >= 4 is 11.7 Å². The van der Waals surface area contributed by atoms with Gasteiger partial charge in [0.1, 0.15) is 11.5 Å². The molecule has 3 aromatic rings. The number of aromatic nitrogens is 4. The molecule has 0 amide bonds. The minimum absolute atomic E-state index is 0.173. The number of hydrogen-bond donors (Lipinski definition) is 0. The number of anilines is 1. The van der Waals surface area contributed by atoms with E-state index in [-0.39, 0.29) is 24.0 Å². The van der Waals surface area contributed by atoms with Crippen LogP contribution in [0.3, 0.4) is 0 Å². The highest BCUT2D eigenvalue weighted by molar-refractivity contribution is 5.74. The molecule has 31 heavy (non-hydrogen) atoms. The summed E-state index contributed by atoms with van der Waals surface area (Å²) >= 11 is 0. The second kappa shape index (κ2) is 8.71. The zero-order valence-electron chi connectivity index (χ0n) is 17.9. The Balaban J connectivity index is 1.53. The largest absolute Gasteiger partial charge is 0.466 e. The maximum absolute atomic E-state index is 12.8. The zero-order valence-corrected chi connectivity index (χ0v) is 17.9. The lowest BCUT2D eigenvalue weighted by Gasteiger charge is -2.18. The van der Waals surface area contributed by atoms with Crippen molar-refractivity contribution in [2.24, 2.45) is 5.92 Å². The molecule has 1 aliphatic rings. The second-order valence-corrected chi connectivity index (χ2v) is 7.65. The highest BCUT2D eigenvalue weighted by Crippen LogP contribution is 2.26. The number of ether oxygens (including phenoxy) is 1. The molecular formula is C22H25N5O4. The predicted octanol–water partition coefficient (Wildman–Crippen LogP) is 2.35. The zero-order chi connectivity index (χ0) is 22.0. The number of pyridine rings is 1. The molecule has 4 rings (SSSR count). The van der Waals surface area contributed by atoms with Crippen LogP contribution >= 0.6 is 0 Å². The smallest absolute Gasteiger partial charge is 0.310 e. The van der Waals surface area contributed by atoms with Gasteiger partial charge < -0.3 is 14.2 Å². The Morgan fingerprint density at radius 2 is 2.13 bits per heavy atom. The molecule has 4 heterocycles. The molecule has 0 unspecified atom stereocenters. The molecule has 9 nitrogen and oxygen atoms in total. The van der Waals surface area contributed by atoms with Gasteiger partial charge in [-0.2, -0.15) is 5.10 Å². The molecular weight excluding hydrogens is 398 g/mol. The molecule has 0 aromatic carbocycles. The minimum Gasteiger partial charge on any atom is -0.466 e. The summed E-state index contributed by atoms with van der Waals surface area (Å²) in [5.74, 6) is 0.269. The molecule has 0 bridgehead atoms. The van der Waals surface area contributed by atoms with Gasteiger partial charge in [0.05, 0.1) is 31.0 Å². The van der Waals surface area contributed by atoms with Gasteiger partial charge >= 0.3 is 5.97 Å². The van der Waals surface area contributed by atoms with E-state index < -0.39 is 0 Å². The maximum Gasteiger partial charge on any atom is 0.310 e. The molecule has 1 atom stereocenters. The van der Waals surface area contributed by atoms with E-state index in [2.05, 4.69) is 15.2 Å². The first-order chi connectivity index (χ1) is 15.0. The third-order valence-electron chi connectivity index (χ3n) is 5.51. The summed E-state index contributed by atoms with van der Waals surface area (Å²) in [6.07, 6.45) is 4.10. The van der Waals surface area contributed by atoms with Crippen molar-refractivity contribution in [3.05, 3.63) is 58.0 Å². The molecule has 162 valence electrons. The van der Waals surface area contributed by atoms with Gasteiger partial charge in [0, 0.05) is 42.2 Å². The molecule has 1 fully saturated rings. The van der Waals surface area contributed by atoms with Crippen LogP contribution in [0.1, 0.15) is 30.4 Å². The molecule has 1 saturated heterocycles. The van der Waals surface area contributed by atoms with E-state index in [0.717, 1.165) is 16.8 Å². The first-order valence-electron chi connectivity index (χ1n) is 10.3. The van der Waals surface area contributed by atoms with Crippen molar-refractivity contribution < 1.29 is 14.1 Å². The summed E-state index contributed by atoms with van der Waals surface area (Å²) in [4.78, 5) is 31.0. The Morgan fingerprint density at radius 1 is 1.29 bits per heavy atom. The van der Waals surface area contributed by atoms with Crippen LogP contribution in [0.2, 0.25) is 0 Å². The SMILES string of the molecule is CCOC(=O)[C@H]1CCN(c2cnn(Cc3c(-c4ccc(C)nc4)noc3C)c(=O)c2)C1. The van der Waals surface area contributed by atoms with Gasteiger partial charge in [0.15, 0.2) is 0 Å². The molecule has 0 radical (unpaired) electrons. The monoisotopic (exact) mass is 423 g/mol. The van der Waals surface area contributed by atoms with E-state index in [1.165, 1.54) is 4.68 Å². The first kappa shape index (κ1) is 20.8. The fourth-order valence-corrected chi connectivity index (χ4v) is 3.72. The van der Waals surface area contributed by atoms with E-state index in [1.807, 2.05) is 30.9 Å². The van der Waals surface area contributed by atoms with Crippen molar-refractivity contribution in [3.8, 4) is 11.3 Å². The van der Waals surface area contributed by atoms with Crippen LogP contribution in [-0.4, -0.2) is 45.6 Å². The van der Waals surface area contributed by atoms with Gasteiger partial charge in [-0.3, -0.25) is 14.6 Å². The predicted molar refractivity (Wildman–Crippen MR) is 114 cm³/mol. The van der Waals surface area contributed by atoms with Crippen LogP contribution in [0.15, 0.2) is 39.9 Å². The average molecular weight is 423 g/mol. The number of hydrogen-bond acceptors (Lipinski definition) is 8. The molecule has 9 heteroatoms. The van der Waals surface area contributed by atoms with E-state index in [1.54, 1.807) is 25.4 Å². The average Bonchev–Trinajstić information content (AvgIpc) is 3.38. The van der Waals surface area contributed by atoms with Crippen molar-refractivity contribution in [3.63, 3.8) is 0 Å². The van der Waals surface area contributed by atoms with Crippen LogP contribution in [0, 0.1) is 19.8 Å². The summed E-state index contributed by atoms with van der Waals surface area (Å²) in [5, 5.41) is 8.51. The van der Waals surface area contributed by atoms with Gasteiger partial charge in [-0.15, -0.1) is 0 Å². The van der Waals surface area contributed by atoms with E-state index in [4.69, 9.17) is 9.26 Å². The topological polar surface area (TPSA) is 103 Å². The lowest BCUT2D eigenvalue weighted by molar-refractivity contribution is -0.147. The van der Waals surface area contributed by atoms with Crippen LogP contribution in [0.5, 0.6) is 0 Å². The normalized spacial score (nSPS) is 16.0. The number of rotatable bonds is 6. The van der Waals surface area contributed by atoms with E-state index in [9.17, 15) is 9.59 Å². The highest BCUT2D eigenvalue weighted by Gasteiger charge is 2.30. The Hall–Kier alpha value is -3.49. The van der Waals surface area contributed by atoms with E-state index >= 15 is 0 Å². The molecule has 0 aliphatic carbocycles. The molecule has 0 saturated carbocycles. The number of carbonyl (C=O) groups excluding carboxylic acids is 1. The van der Waals surface area contributed by atoms with Gasteiger partial charge in [0.25, 0.3) is 5.56 Å². The Bertz CT molecular complexity index is 1140. The van der Waals surface area contributed by atoms with Crippen LogP contribution in [0.25, 0.3) is 11.3 Å². The second-order valence-electron chi connectivity index (χ2n) is 7.65. The van der Waals surface area contributed by atoms with Crippen LogP contribution < -0.4 is 10.5 Å². The number of nitrogens with zero attached hydrogens (tertiary/aromatic N) is 5. The standard InChI is InChI=1S/C22H25N5O4/c1-4-30-22(29)17-7-8-26(12-17)18-9-20(28)27(24-11-18)13-19-15(3)31-25-21(19)16-6-5-14(2)23-10-16/h5-6,9-11,17H,4,7-8,12-13H2,1-3H3/t17-/m0/s1. The summed E-state index contributed by atoms with van der Waals surface area (Å²) < 4.78 is 11.9. The van der Waals surface area contributed by atoms with Gasteiger partial charge in [-0.05, 0) is 39.3 Å². The van der Waals surface area contributed by atoms with Crippen molar-refractivity contribution in [1.82, 2.24) is 19.9 Å². The minimum atomic E-state index is -0.231. The van der Waals surface area contributed by atoms with Crippen molar-refractivity contribution in [2.75, 3.05) is 24.6 Å². The first-order valence-corrected chi connectivity index (χ1v) is 10.3. The van der Waals surface area contributed by atoms with Crippen LogP contribution in [-0.2, 0) is 16.1 Å². The molecule has 3 aromatic heterocycles. The number of esters is 1. The summed E-state index contributed by atoms with van der Waals surface area (Å²) in [7, 11) is 0.